The van der Waals surface area contributed by atoms with Crippen LogP contribution in [-0.4, -0.2) is 39.7 Å². The molecule has 0 bridgehead atoms. The molecule has 2 unspecified atom stereocenters. The molecule has 3 rings (SSSR count). The molecule has 0 radical (unpaired) electrons. The first-order valence-electron chi connectivity index (χ1n) is 7.86. The molecule has 2 atom stereocenters. The summed E-state index contributed by atoms with van der Waals surface area (Å²) in [5.41, 5.74) is 1.00. The van der Waals surface area contributed by atoms with Gasteiger partial charge in [-0.3, -0.25) is 14.9 Å². The Morgan fingerprint density at radius 3 is 2.79 bits per heavy atom. The van der Waals surface area contributed by atoms with Crippen molar-refractivity contribution in [2.45, 2.75) is 19.4 Å². The van der Waals surface area contributed by atoms with E-state index in [0.717, 1.165) is 19.5 Å². The predicted molar refractivity (Wildman–Crippen MR) is 88.1 cm³/mol. The molecule has 126 valence electrons. The van der Waals surface area contributed by atoms with Gasteiger partial charge in [-0.15, -0.1) is 0 Å². The number of carbonyl (C=O) groups excluding carboxylic acids is 1. The molecule has 24 heavy (non-hydrogen) atoms. The summed E-state index contributed by atoms with van der Waals surface area (Å²) in [6, 6.07) is 7.74. The van der Waals surface area contributed by atoms with E-state index in [1.54, 1.807) is 24.4 Å². The number of nitrogens with zero attached hydrogens (tertiary/aromatic N) is 3. The third kappa shape index (κ3) is 3.43. The van der Waals surface area contributed by atoms with Gasteiger partial charge < -0.3 is 10.6 Å². The van der Waals surface area contributed by atoms with Crippen molar-refractivity contribution in [3.05, 3.63) is 52.3 Å². The fourth-order valence-corrected chi connectivity index (χ4v) is 2.74. The highest BCUT2D eigenvalue weighted by Gasteiger charge is 2.23. The Balaban J connectivity index is 1.70. The molecule has 2 heterocycles. The molecular formula is C16H19N5O3. The lowest BCUT2D eigenvalue weighted by atomic mass is 9.95. The first-order chi connectivity index (χ1) is 11.5. The summed E-state index contributed by atoms with van der Waals surface area (Å²) >= 11 is 0. The molecule has 0 aliphatic carbocycles. The third-order valence-electron chi connectivity index (χ3n) is 4.29. The van der Waals surface area contributed by atoms with Gasteiger partial charge in [-0.05, 0) is 37.1 Å². The maximum absolute atomic E-state index is 12.3. The Morgan fingerprint density at radius 1 is 1.38 bits per heavy atom. The topological polar surface area (TPSA) is 102 Å². The summed E-state index contributed by atoms with van der Waals surface area (Å²) in [6.07, 6.45) is 2.70. The zero-order chi connectivity index (χ0) is 17.1. The Bertz CT molecular complexity index is 740. The van der Waals surface area contributed by atoms with Gasteiger partial charge in [-0.25, -0.2) is 4.68 Å². The van der Waals surface area contributed by atoms with E-state index in [1.165, 1.54) is 16.8 Å². The van der Waals surface area contributed by atoms with Gasteiger partial charge in [0, 0.05) is 30.9 Å². The number of nitro benzene ring substituents is 1. The SMILES string of the molecule is CC1CCNCC1NC(=O)c1ccn(-c2ccc([N+](=O)[O-])cc2)n1. The highest BCUT2D eigenvalue weighted by Crippen LogP contribution is 2.15. The van der Waals surface area contributed by atoms with Crippen LogP contribution in [0.3, 0.4) is 0 Å². The minimum absolute atomic E-state index is 0.0164. The smallest absolute Gasteiger partial charge is 0.272 e. The highest BCUT2D eigenvalue weighted by molar-refractivity contribution is 5.92. The monoisotopic (exact) mass is 329 g/mol. The molecule has 0 saturated carbocycles. The van der Waals surface area contributed by atoms with Gasteiger partial charge >= 0.3 is 0 Å². The van der Waals surface area contributed by atoms with Crippen LogP contribution in [0.15, 0.2) is 36.5 Å². The fourth-order valence-electron chi connectivity index (χ4n) is 2.74. The largest absolute Gasteiger partial charge is 0.346 e. The van der Waals surface area contributed by atoms with Gasteiger partial charge in [-0.2, -0.15) is 5.10 Å². The molecule has 1 aromatic heterocycles. The van der Waals surface area contributed by atoms with Crippen molar-refractivity contribution in [2.24, 2.45) is 5.92 Å². The standard InChI is InChI=1S/C16H19N5O3/c1-11-6-8-17-10-15(11)18-16(22)14-7-9-20(19-14)12-2-4-13(5-3-12)21(23)24/h2-5,7,9,11,15,17H,6,8,10H2,1H3,(H,18,22). The third-order valence-corrected chi connectivity index (χ3v) is 4.29. The van der Waals surface area contributed by atoms with E-state index in [0.29, 0.717) is 17.3 Å². The second-order valence-corrected chi connectivity index (χ2v) is 5.97. The summed E-state index contributed by atoms with van der Waals surface area (Å²) < 4.78 is 1.53. The van der Waals surface area contributed by atoms with E-state index in [4.69, 9.17) is 0 Å². The number of rotatable bonds is 4. The van der Waals surface area contributed by atoms with Crippen molar-refractivity contribution in [3.8, 4) is 5.69 Å². The summed E-state index contributed by atoms with van der Waals surface area (Å²) in [5.74, 6) is 0.211. The molecule has 2 aromatic rings. The lowest BCUT2D eigenvalue weighted by Gasteiger charge is -2.29. The Morgan fingerprint density at radius 2 is 2.12 bits per heavy atom. The molecule has 1 aromatic carbocycles. The van der Waals surface area contributed by atoms with Gasteiger partial charge in [0.15, 0.2) is 5.69 Å². The molecule has 1 aliphatic heterocycles. The van der Waals surface area contributed by atoms with E-state index < -0.39 is 4.92 Å². The first-order valence-corrected chi connectivity index (χ1v) is 7.86. The lowest BCUT2D eigenvalue weighted by molar-refractivity contribution is -0.384. The van der Waals surface area contributed by atoms with Gasteiger partial charge in [0.25, 0.3) is 11.6 Å². The second kappa shape index (κ2) is 6.79. The van der Waals surface area contributed by atoms with Crippen molar-refractivity contribution in [1.82, 2.24) is 20.4 Å². The highest BCUT2D eigenvalue weighted by atomic mass is 16.6. The number of piperidine rings is 1. The lowest BCUT2D eigenvalue weighted by Crippen LogP contribution is -2.50. The first kappa shape index (κ1) is 16.1. The zero-order valence-electron chi connectivity index (χ0n) is 13.3. The van der Waals surface area contributed by atoms with Crippen LogP contribution >= 0.6 is 0 Å². The number of hydrogen-bond acceptors (Lipinski definition) is 5. The number of amides is 1. The second-order valence-electron chi connectivity index (χ2n) is 5.97. The molecular weight excluding hydrogens is 310 g/mol. The van der Waals surface area contributed by atoms with Crippen molar-refractivity contribution in [2.75, 3.05) is 13.1 Å². The van der Waals surface area contributed by atoms with Crippen molar-refractivity contribution in [3.63, 3.8) is 0 Å². The number of non-ortho nitro benzene ring substituents is 1. The Labute approximate surface area is 139 Å². The Kier molecular flexibility index (Phi) is 4.57. The van der Waals surface area contributed by atoms with E-state index >= 15 is 0 Å². The van der Waals surface area contributed by atoms with E-state index in [2.05, 4.69) is 22.7 Å². The van der Waals surface area contributed by atoms with E-state index in [-0.39, 0.29) is 17.6 Å². The minimum Gasteiger partial charge on any atom is -0.346 e. The van der Waals surface area contributed by atoms with Crippen molar-refractivity contribution >= 4 is 11.6 Å². The number of hydrogen-bond donors (Lipinski definition) is 2. The van der Waals surface area contributed by atoms with Crippen molar-refractivity contribution < 1.29 is 9.72 Å². The van der Waals surface area contributed by atoms with Gasteiger partial charge in [0.05, 0.1) is 10.6 Å². The van der Waals surface area contributed by atoms with Crippen LogP contribution in [0.4, 0.5) is 5.69 Å². The van der Waals surface area contributed by atoms with Crippen LogP contribution in [0.5, 0.6) is 0 Å². The minimum atomic E-state index is -0.453. The zero-order valence-corrected chi connectivity index (χ0v) is 13.3. The molecule has 2 N–H and O–H groups in total. The van der Waals surface area contributed by atoms with Gasteiger partial charge in [-0.1, -0.05) is 6.92 Å². The van der Waals surface area contributed by atoms with Gasteiger partial charge in [0.2, 0.25) is 0 Å². The van der Waals surface area contributed by atoms with Crippen LogP contribution in [0.25, 0.3) is 5.69 Å². The number of aromatic nitrogens is 2. The molecule has 0 spiro atoms. The maximum atomic E-state index is 12.3. The van der Waals surface area contributed by atoms with E-state index in [9.17, 15) is 14.9 Å². The molecule has 8 nitrogen and oxygen atoms in total. The van der Waals surface area contributed by atoms with Crippen LogP contribution in [0, 0.1) is 16.0 Å². The molecule has 1 aliphatic rings. The van der Waals surface area contributed by atoms with Crippen LogP contribution in [-0.2, 0) is 0 Å². The van der Waals surface area contributed by atoms with Crippen LogP contribution < -0.4 is 10.6 Å². The van der Waals surface area contributed by atoms with Crippen LogP contribution in [0.2, 0.25) is 0 Å². The molecule has 8 heteroatoms. The number of nitrogens with one attached hydrogen (secondary N) is 2. The van der Waals surface area contributed by atoms with E-state index in [1.807, 2.05) is 0 Å². The molecule has 1 saturated heterocycles. The molecule has 1 amide bonds. The fraction of sp³-hybridized carbons (Fsp3) is 0.375. The van der Waals surface area contributed by atoms with Crippen molar-refractivity contribution in [1.29, 1.82) is 0 Å². The summed E-state index contributed by atoms with van der Waals surface area (Å²) in [4.78, 5) is 22.6. The normalized spacial score (nSPS) is 20.5. The number of carbonyl (C=O) groups is 1. The average molecular weight is 329 g/mol. The van der Waals surface area contributed by atoms with Gasteiger partial charge in [0.1, 0.15) is 0 Å². The average Bonchev–Trinajstić information content (AvgIpc) is 3.07. The molecule has 1 fully saturated rings. The summed E-state index contributed by atoms with van der Waals surface area (Å²) in [5, 5.41) is 21.2. The quantitative estimate of drug-likeness (QED) is 0.654. The maximum Gasteiger partial charge on any atom is 0.272 e. The summed E-state index contributed by atoms with van der Waals surface area (Å²) in [7, 11) is 0. The number of benzene rings is 1. The summed E-state index contributed by atoms with van der Waals surface area (Å²) in [6.45, 7) is 3.86. The Hall–Kier alpha value is -2.74. The number of nitro groups is 1. The predicted octanol–water partition coefficient (Wildman–Crippen LogP) is 1.51. The van der Waals surface area contributed by atoms with Crippen LogP contribution in [0.1, 0.15) is 23.8 Å².